The first-order valence-corrected chi connectivity index (χ1v) is 11.6. The minimum atomic E-state index is -3.62. The minimum absolute atomic E-state index is 0.00825. The molecule has 2 heterocycles. The normalized spacial score (nSPS) is 17.4. The number of piperidine rings is 1. The molecule has 7 nitrogen and oxygen atoms in total. The van der Waals surface area contributed by atoms with Crippen LogP contribution in [-0.4, -0.2) is 47.8 Å². The zero-order valence-electron chi connectivity index (χ0n) is 17.3. The van der Waals surface area contributed by atoms with Gasteiger partial charge in [0.15, 0.2) is 5.03 Å². The molecule has 1 aliphatic heterocycles. The molecule has 29 heavy (non-hydrogen) atoms. The van der Waals surface area contributed by atoms with E-state index in [9.17, 15) is 13.2 Å². The molecule has 1 N–H and O–H groups in total. The maximum absolute atomic E-state index is 12.8. The number of aromatic nitrogens is 2. The third-order valence-corrected chi connectivity index (χ3v) is 7.34. The van der Waals surface area contributed by atoms with Crippen molar-refractivity contribution < 1.29 is 13.2 Å². The predicted octanol–water partition coefficient (Wildman–Crippen LogP) is 2.78. The van der Waals surface area contributed by atoms with Crippen LogP contribution in [0, 0.1) is 5.92 Å². The maximum Gasteiger partial charge on any atom is 0.262 e. The second-order valence-corrected chi connectivity index (χ2v) is 9.87. The van der Waals surface area contributed by atoms with Gasteiger partial charge in [0.25, 0.3) is 10.0 Å². The van der Waals surface area contributed by atoms with Crippen LogP contribution in [0.2, 0.25) is 0 Å². The molecule has 1 aromatic carbocycles. The highest BCUT2D eigenvalue weighted by Gasteiger charge is 2.33. The molecule has 1 aromatic heterocycles. The first-order valence-electron chi connectivity index (χ1n) is 10.2. The van der Waals surface area contributed by atoms with Crippen molar-refractivity contribution in [1.29, 1.82) is 0 Å². The maximum atomic E-state index is 12.8. The molecule has 2 aromatic rings. The molecule has 1 fully saturated rings. The lowest BCUT2D eigenvalue weighted by atomic mass is 9.96. The van der Waals surface area contributed by atoms with E-state index in [0.29, 0.717) is 32.5 Å². The Labute approximate surface area is 173 Å². The van der Waals surface area contributed by atoms with E-state index in [2.05, 4.69) is 29.4 Å². The molecule has 0 bridgehead atoms. The van der Waals surface area contributed by atoms with E-state index in [4.69, 9.17) is 0 Å². The Morgan fingerprint density at radius 3 is 2.41 bits per heavy atom. The van der Waals surface area contributed by atoms with Gasteiger partial charge in [-0.05, 0) is 38.2 Å². The topological polar surface area (TPSA) is 84.3 Å². The summed E-state index contributed by atoms with van der Waals surface area (Å²) in [6, 6.07) is 10.2. The molecule has 0 spiro atoms. The third kappa shape index (κ3) is 5.05. The van der Waals surface area contributed by atoms with Crippen LogP contribution in [0.15, 0.2) is 47.9 Å². The molecule has 158 valence electrons. The summed E-state index contributed by atoms with van der Waals surface area (Å²) in [5.41, 5.74) is 1.19. The van der Waals surface area contributed by atoms with E-state index < -0.39 is 10.0 Å². The van der Waals surface area contributed by atoms with E-state index >= 15 is 0 Å². The molecule has 1 atom stereocenters. The van der Waals surface area contributed by atoms with Gasteiger partial charge in [-0.1, -0.05) is 37.3 Å². The van der Waals surface area contributed by atoms with Crippen LogP contribution in [0.1, 0.15) is 51.1 Å². The van der Waals surface area contributed by atoms with Crippen LogP contribution in [-0.2, 0) is 14.8 Å². The van der Waals surface area contributed by atoms with E-state index in [-0.39, 0.29) is 28.8 Å². The number of amides is 1. The van der Waals surface area contributed by atoms with E-state index in [1.165, 1.54) is 9.87 Å². The Bertz CT molecular complexity index is 916. The molecular formula is C21H30N4O3S. The van der Waals surface area contributed by atoms with Gasteiger partial charge in [0.1, 0.15) is 0 Å². The van der Waals surface area contributed by atoms with Gasteiger partial charge < -0.3 is 9.88 Å². The molecule has 1 amide bonds. The lowest BCUT2D eigenvalue weighted by molar-refractivity contribution is -0.126. The Kier molecular flexibility index (Phi) is 6.74. The van der Waals surface area contributed by atoms with Crippen molar-refractivity contribution in [2.24, 2.45) is 5.92 Å². The fourth-order valence-corrected chi connectivity index (χ4v) is 4.91. The Hall–Kier alpha value is -2.19. The van der Waals surface area contributed by atoms with Crippen LogP contribution in [0.25, 0.3) is 0 Å². The Morgan fingerprint density at radius 2 is 1.83 bits per heavy atom. The van der Waals surface area contributed by atoms with Gasteiger partial charge in [-0.15, -0.1) is 0 Å². The monoisotopic (exact) mass is 418 g/mol. The van der Waals surface area contributed by atoms with Gasteiger partial charge in [0.2, 0.25) is 5.91 Å². The number of rotatable bonds is 7. The number of nitrogens with one attached hydrogen (secondary N) is 1. The fourth-order valence-electron chi connectivity index (χ4n) is 3.52. The smallest absolute Gasteiger partial charge is 0.262 e. The number of sulfonamides is 1. The van der Waals surface area contributed by atoms with Crippen LogP contribution in [0.5, 0.6) is 0 Å². The summed E-state index contributed by atoms with van der Waals surface area (Å²) in [4.78, 5) is 16.6. The third-order valence-electron chi connectivity index (χ3n) is 5.55. The number of benzene rings is 1. The molecule has 1 unspecified atom stereocenters. The van der Waals surface area contributed by atoms with Gasteiger partial charge in [-0.3, -0.25) is 4.79 Å². The number of nitrogens with zero attached hydrogens (tertiary/aromatic N) is 3. The van der Waals surface area contributed by atoms with Crippen LogP contribution < -0.4 is 5.32 Å². The molecule has 0 saturated carbocycles. The number of hydrogen-bond acceptors (Lipinski definition) is 4. The van der Waals surface area contributed by atoms with Crippen molar-refractivity contribution in [2.75, 3.05) is 19.6 Å². The zero-order chi connectivity index (χ0) is 21.0. The summed E-state index contributed by atoms with van der Waals surface area (Å²) < 4.78 is 28.9. The lowest BCUT2D eigenvalue weighted by Crippen LogP contribution is -2.43. The van der Waals surface area contributed by atoms with E-state index in [1.54, 1.807) is 17.1 Å². The van der Waals surface area contributed by atoms with Crippen LogP contribution >= 0.6 is 0 Å². The van der Waals surface area contributed by atoms with Crippen molar-refractivity contribution in [1.82, 2.24) is 19.2 Å². The summed E-state index contributed by atoms with van der Waals surface area (Å²) in [5.74, 6) is 0.0863. The van der Waals surface area contributed by atoms with Gasteiger partial charge in [-0.2, -0.15) is 4.31 Å². The van der Waals surface area contributed by atoms with Crippen molar-refractivity contribution in [3.63, 3.8) is 0 Å². The van der Waals surface area contributed by atoms with Crippen molar-refractivity contribution in [3.05, 3.63) is 48.4 Å². The quantitative estimate of drug-likeness (QED) is 0.749. The second kappa shape index (κ2) is 9.09. The average Bonchev–Trinajstić information content (AvgIpc) is 3.24. The lowest BCUT2D eigenvalue weighted by Gasteiger charge is -2.30. The summed E-state index contributed by atoms with van der Waals surface area (Å²) in [7, 11) is -3.62. The highest BCUT2D eigenvalue weighted by atomic mass is 32.2. The summed E-state index contributed by atoms with van der Waals surface area (Å²) >= 11 is 0. The van der Waals surface area contributed by atoms with Gasteiger partial charge in [0.05, 0.1) is 6.33 Å². The number of carbonyl (C=O) groups excluding carboxylic acids is 1. The Morgan fingerprint density at radius 1 is 1.17 bits per heavy atom. The molecule has 8 heteroatoms. The average molecular weight is 419 g/mol. The number of hydrogen-bond donors (Lipinski definition) is 1. The summed E-state index contributed by atoms with van der Waals surface area (Å²) in [6.07, 6.45) is 4.17. The summed E-state index contributed by atoms with van der Waals surface area (Å²) in [5, 5.41) is 3.10. The van der Waals surface area contributed by atoms with Gasteiger partial charge in [-0.25, -0.2) is 13.4 Å². The van der Waals surface area contributed by atoms with Crippen molar-refractivity contribution >= 4 is 15.9 Å². The minimum Gasteiger partial charge on any atom is -0.355 e. The number of carbonyl (C=O) groups is 1. The standard InChI is InChI=1S/C21H30N4O3S/c1-16(2)24-14-20(23-15-24)29(27,28)25-11-9-19(10-12-25)21(26)22-13-17(3)18-7-5-4-6-8-18/h4-8,14-17,19H,9-13H2,1-3H3,(H,22,26). The first kappa shape index (κ1) is 21.5. The van der Waals surface area contributed by atoms with Crippen molar-refractivity contribution in [3.8, 4) is 0 Å². The van der Waals surface area contributed by atoms with Crippen LogP contribution in [0.4, 0.5) is 0 Å². The second-order valence-electron chi connectivity index (χ2n) is 7.99. The van der Waals surface area contributed by atoms with E-state index in [1.807, 2.05) is 32.0 Å². The van der Waals surface area contributed by atoms with Gasteiger partial charge in [0, 0.05) is 37.8 Å². The highest BCUT2D eigenvalue weighted by molar-refractivity contribution is 7.89. The number of imidazole rings is 1. The zero-order valence-corrected chi connectivity index (χ0v) is 18.1. The molecule has 0 radical (unpaired) electrons. The first-order chi connectivity index (χ1) is 13.8. The molecule has 3 rings (SSSR count). The highest BCUT2D eigenvalue weighted by Crippen LogP contribution is 2.24. The Balaban J connectivity index is 1.52. The molecule has 1 aliphatic rings. The van der Waals surface area contributed by atoms with E-state index in [0.717, 1.165) is 0 Å². The van der Waals surface area contributed by atoms with Crippen molar-refractivity contribution in [2.45, 2.75) is 50.6 Å². The van der Waals surface area contributed by atoms with Crippen LogP contribution in [0.3, 0.4) is 0 Å². The molecule has 0 aliphatic carbocycles. The molecular weight excluding hydrogens is 388 g/mol. The largest absolute Gasteiger partial charge is 0.355 e. The fraction of sp³-hybridized carbons (Fsp3) is 0.524. The van der Waals surface area contributed by atoms with Gasteiger partial charge >= 0.3 is 0 Å². The summed E-state index contributed by atoms with van der Waals surface area (Å²) in [6.45, 7) is 7.28. The SMILES string of the molecule is CC(CNC(=O)C1CCN(S(=O)(=O)c2cn(C(C)C)cn2)CC1)c1ccccc1. The predicted molar refractivity (Wildman–Crippen MR) is 112 cm³/mol. The molecule has 1 saturated heterocycles.